The molecule has 2 aliphatic rings. The van der Waals surface area contributed by atoms with Crippen LogP contribution in [0.1, 0.15) is 120 Å². The van der Waals surface area contributed by atoms with E-state index in [1.54, 1.807) is 25.5 Å². The average molecular weight is 913 g/mol. The van der Waals surface area contributed by atoms with Crippen molar-refractivity contribution >= 4 is 24.5 Å². The summed E-state index contributed by atoms with van der Waals surface area (Å²) >= 11 is 0. The molecule has 2 N–H and O–H groups in total. The minimum atomic E-state index is -0.969. The van der Waals surface area contributed by atoms with E-state index >= 15 is 0 Å². The van der Waals surface area contributed by atoms with E-state index in [1.807, 2.05) is 47.6 Å². The van der Waals surface area contributed by atoms with Gasteiger partial charge in [-0.3, -0.25) is 9.59 Å². The van der Waals surface area contributed by atoms with Gasteiger partial charge in [-0.1, -0.05) is 87.1 Å². The van der Waals surface area contributed by atoms with E-state index in [1.165, 1.54) is 32.9 Å². The molecule has 5 unspecified atom stereocenters. The summed E-state index contributed by atoms with van der Waals surface area (Å²) in [4.78, 5) is 50.9. The molecule has 0 radical (unpaired) electrons. The molecule has 0 spiro atoms. The summed E-state index contributed by atoms with van der Waals surface area (Å²) in [5, 5.41) is 5.15. The predicted molar refractivity (Wildman–Crippen MR) is 190 cm³/mol. The van der Waals surface area contributed by atoms with Crippen LogP contribution in [0.15, 0.2) is 12.7 Å². The molecule has 1 heterocycles. The summed E-state index contributed by atoms with van der Waals surface area (Å²) < 4.78 is 10.9. The quantitative estimate of drug-likeness (QED) is 0.0886. The Balaban J connectivity index is -0.000000383. The molecule has 5 atom stereocenters. The second-order valence-electron chi connectivity index (χ2n) is 11.5. The Kier molecular flexibility index (Phi) is 33.7. The third-order valence-corrected chi connectivity index (χ3v) is 8.37. The molecule has 2 rings (SSSR count). The van der Waals surface area contributed by atoms with E-state index in [2.05, 4.69) is 43.0 Å². The SMILES string of the molecule is C=CCC(OC)C1CCCN1C.CC.CC.CCC.CCC(C)C(C(CC=O)OC)N(C)C(=O)CNC(=O)C1(N[C-]=O)CCCC1.[Fm]. The average Bonchev–Trinajstić information content (AvgIpc) is 3.74. The first-order valence-corrected chi connectivity index (χ1v) is 17.6. The molecule has 0 bridgehead atoms. The van der Waals surface area contributed by atoms with Crippen LogP contribution in [0.25, 0.3) is 0 Å². The van der Waals surface area contributed by atoms with Crippen LogP contribution in [0.4, 0.5) is 0 Å². The van der Waals surface area contributed by atoms with Crippen molar-refractivity contribution in [3.05, 3.63) is 12.7 Å². The maximum Gasteiger partial charge on any atom is 0.243 e. The fourth-order valence-corrected chi connectivity index (χ4v) is 5.79. The van der Waals surface area contributed by atoms with Gasteiger partial charge in [0.15, 0.2) is 0 Å². The molecule has 10 nitrogen and oxygen atoms in total. The Bertz CT molecular complexity index is 797. The molecule has 1 saturated heterocycles. The molecular formula is C36H71FmN4O6-. The first-order chi connectivity index (χ1) is 22.1. The molecule has 1 aliphatic carbocycles. The van der Waals surface area contributed by atoms with Crippen molar-refractivity contribution in [1.82, 2.24) is 20.4 Å². The summed E-state index contributed by atoms with van der Waals surface area (Å²) in [5.74, 6) is -0.516. The molecule has 2 fully saturated rings. The summed E-state index contributed by atoms with van der Waals surface area (Å²) in [6.45, 7) is 21.0. The molecule has 284 valence electrons. The molecule has 0 aromatic heterocycles. The maximum atomic E-state index is 12.7. The molecule has 47 heavy (non-hydrogen) atoms. The number of aldehydes is 1. The molecular weight excluding hydrogens is 841 g/mol. The first-order valence-electron chi connectivity index (χ1n) is 17.6. The van der Waals surface area contributed by atoms with Crippen molar-refractivity contribution in [1.29, 1.82) is 0 Å². The van der Waals surface area contributed by atoms with Crippen LogP contribution in [0.5, 0.6) is 0 Å². The molecule has 11 heteroatoms. The third-order valence-electron chi connectivity index (χ3n) is 8.37. The number of nitrogens with zero attached hydrogens (tertiary/aromatic N) is 2. The van der Waals surface area contributed by atoms with E-state index < -0.39 is 11.6 Å². The number of ether oxygens (including phenoxy) is 2. The number of hydrogen-bond donors (Lipinski definition) is 2. The van der Waals surface area contributed by atoms with Crippen molar-refractivity contribution in [3.63, 3.8) is 0 Å². The summed E-state index contributed by atoms with van der Waals surface area (Å²) in [5.41, 5.74) is -0.969. The number of nitrogens with one attached hydrogen (secondary N) is 2. The van der Waals surface area contributed by atoms with Crippen molar-refractivity contribution < 1.29 is 28.7 Å². The molecule has 1 saturated carbocycles. The van der Waals surface area contributed by atoms with Crippen LogP contribution in [-0.4, -0.2) is 106 Å². The van der Waals surface area contributed by atoms with Gasteiger partial charge in [-0.15, -0.1) is 6.58 Å². The normalized spacial score (nSPS) is 18.4. The Hall–Kier alpha value is -3.30. The number of rotatable bonds is 16. The van der Waals surface area contributed by atoms with Crippen molar-refractivity contribution in [2.75, 3.05) is 41.4 Å². The fourth-order valence-electron chi connectivity index (χ4n) is 5.79. The summed E-state index contributed by atoms with van der Waals surface area (Å²) in [6, 6.07) is 0.324. The zero-order valence-corrected chi connectivity index (χ0v) is 34.3. The van der Waals surface area contributed by atoms with Crippen LogP contribution in [0.2, 0.25) is 0 Å². The van der Waals surface area contributed by atoms with Crippen LogP contribution in [0.3, 0.4) is 0 Å². The van der Waals surface area contributed by atoms with E-state index in [4.69, 9.17) is 9.47 Å². The van der Waals surface area contributed by atoms with Crippen LogP contribution >= 0.6 is 0 Å². The summed E-state index contributed by atoms with van der Waals surface area (Å²) in [7, 11) is 7.15. The molecule has 0 aromatic rings. The van der Waals surface area contributed by atoms with Gasteiger partial charge in [0.2, 0.25) is 11.8 Å². The van der Waals surface area contributed by atoms with Gasteiger partial charge in [-0.2, -0.15) is 6.41 Å². The van der Waals surface area contributed by atoms with Gasteiger partial charge in [0.25, 0.3) is 0 Å². The fraction of sp³-hybridized carbons (Fsp3) is 0.833. The zero-order valence-electron chi connectivity index (χ0n) is 31.9. The third kappa shape index (κ3) is 18.0. The largest absolute Gasteiger partial charge is 0.520 e. The topological polar surface area (TPSA) is 117 Å². The number of hydrogen-bond acceptors (Lipinski definition) is 7. The zero-order chi connectivity index (χ0) is 36.1. The number of amides is 3. The minimum Gasteiger partial charge on any atom is -0.520 e. The molecule has 3 amide bonds. The molecule has 0 aromatic carbocycles. The number of methoxy groups -OCH3 is 2. The van der Waals surface area contributed by atoms with E-state index in [0.29, 0.717) is 25.0 Å². The van der Waals surface area contributed by atoms with Crippen molar-refractivity contribution in [2.24, 2.45) is 5.92 Å². The number of likely N-dealkylation sites (tertiary alicyclic amines) is 1. The van der Waals surface area contributed by atoms with Crippen molar-refractivity contribution in [3.8, 4) is 0 Å². The smallest absolute Gasteiger partial charge is 0.243 e. The molecule has 1 aliphatic heterocycles. The van der Waals surface area contributed by atoms with Gasteiger partial charge >= 0.3 is 0 Å². The van der Waals surface area contributed by atoms with Crippen LogP contribution in [-0.2, 0) is 28.7 Å². The number of carbonyl (C=O) groups excluding carboxylic acids is 4. The number of carbonyl (C=O) groups is 3. The standard InChI is InChI=1S/C19H32N3O5.C10H19NO.C3H8.2C2H6.Fm/c1-5-14(2)17(15(27-4)8-11-23)22(3)16(25)12-20-18(26)19(21-13-24)9-6-7-10-19;1-4-6-10(12-3)9-7-5-8-11(9)2;1-3-2;2*1-2;/h11,14-15,17H,5-10,12H2,1-4H3,(H,20,26)(H,21,24);4,9-10H,1,5-8H2,2-3H3;3H2,1-2H3;2*1-2H3;/q-1;;;;;. The summed E-state index contributed by atoms with van der Waals surface area (Å²) in [6.07, 6.45) is 12.8. The van der Waals surface area contributed by atoms with Crippen molar-refractivity contribution in [2.45, 2.75) is 149 Å². The predicted octanol–water partition coefficient (Wildman–Crippen LogP) is 5.69. The second kappa shape index (κ2) is 31.3. The van der Waals surface area contributed by atoms with Gasteiger partial charge in [0.05, 0.1) is 30.3 Å². The Labute approximate surface area is 282 Å². The maximum absolute atomic E-state index is 12.7. The van der Waals surface area contributed by atoms with Gasteiger partial charge < -0.3 is 39.5 Å². The van der Waals surface area contributed by atoms with Crippen LogP contribution < -0.4 is 10.6 Å². The van der Waals surface area contributed by atoms with E-state index in [-0.39, 0.29) is 36.7 Å². The van der Waals surface area contributed by atoms with E-state index in [9.17, 15) is 19.2 Å². The van der Waals surface area contributed by atoms with Gasteiger partial charge in [-0.25, -0.2) is 0 Å². The van der Waals surface area contributed by atoms with E-state index in [0.717, 1.165) is 32.0 Å². The Morgan fingerprint density at radius 3 is 2.00 bits per heavy atom. The number of likely N-dealkylation sites (N-methyl/N-ethyl adjacent to an activating group) is 2. The van der Waals surface area contributed by atoms with Gasteiger partial charge in [0.1, 0.15) is 6.29 Å². The Morgan fingerprint density at radius 1 is 1.06 bits per heavy atom. The Morgan fingerprint density at radius 2 is 1.62 bits per heavy atom. The minimum absolute atomic E-state index is 0. The van der Waals surface area contributed by atoms with Gasteiger partial charge in [0, 0.05) is 33.7 Å². The van der Waals surface area contributed by atoms with Crippen LogP contribution in [0, 0.1) is 5.92 Å². The first kappa shape index (κ1) is 50.6. The monoisotopic (exact) mass is 913 g/mol. The van der Waals surface area contributed by atoms with Gasteiger partial charge in [-0.05, 0) is 51.6 Å². The second-order valence-corrected chi connectivity index (χ2v) is 11.5.